The number of hydrogen-bond acceptors (Lipinski definition) is 4. The van der Waals surface area contributed by atoms with Crippen molar-refractivity contribution in [1.29, 1.82) is 0 Å². The molecule has 3 aromatic carbocycles. The van der Waals surface area contributed by atoms with Crippen LogP contribution in [0.5, 0.6) is 5.75 Å². The van der Waals surface area contributed by atoms with Crippen LogP contribution in [0.1, 0.15) is 0 Å². The summed E-state index contributed by atoms with van der Waals surface area (Å²) >= 11 is 0. The summed E-state index contributed by atoms with van der Waals surface area (Å²) in [4.78, 5) is 2.32. The molecule has 0 amide bonds. The Labute approximate surface area is 150 Å². The summed E-state index contributed by atoms with van der Waals surface area (Å²) in [7, 11) is 6.48. The Morgan fingerprint density at radius 1 is 0.609 bits per heavy atom. The van der Waals surface area contributed by atoms with Gasteiger partial charge in [-0.25, -0.2) is 0 Å². The number of para-hydroxylation sites is 1. The molecule has 116 valence electrons. The van der Waals surface area contributed by atoms with E-state index in [1.807, 2.05) is 66.7 Å². The Balaban J connectivity index is 1.87. The predicted octanol–water partition coefficient (Wildman–Crippen LogP) is 6.28. The molecule has 3 rings (SSSR count). The van der Waals surface area contributed by atoms with Crippen molar-refractivity contribution >= 4 is 40.3 Å². The summed E-state index contributed by atoms with van der Waals surface area (Å²) in [5.74, 6) is 0.849. The van der Waals surface area contributed by atoms with E-state index in [1.165, 1.54) is 0 Å². The molecule has 0 fully saturated rings. The third-order valence-corrected chi connectivity index (χ3v) is 16.5. The molecule has 0 aliphatic rings. The first-order chi connectivity index (χ1) is 11.2. The van der Waals surface area contributed by atoms with Gasteiger partial charge in [0.25, 0.3) is 0 Å². The molecule has 0 saturated heterocycles. The summed E-state index contributed by atoms with van der Waals surface area (Å²) in [6.45, 7) is 0. The summed E-state index contributed by atoms with van der Waals surface area (Å²) in [6, 6.07) is 30.4. The SMILES string of the molecule is S=[As](Oc1ccccc1)(Sc1ccccc1)Sc1ccccc1. The summed E-state index contributed by atoms with van der Waals surface area (Å²) in [6.07, 6.45) is 0. The Hall–Kier alpha value is -1.06. The zero-order valence-corrected chi connectivity index (χ0v) is 16.6. The quantitative estimate of drug-likeness (QED) is 0.435. The van der Waals surface area contributed by atoms with Crippen molar-refractivity contribution < 1.29 is 3.73 Å². The Morgan fingerprint density at radius 2 is 1.00 bits per heavy atom. The van der Waals surface area contributed by atoms with Gasteiger partial charge in [0.1, 0.15) is 0 Å². The van der Waals surface area contributed by atoms with Crippen LogP contribution >= 0.6 is 30.4 Å². The van der Waals surface area contributed by atoms with Crippen LogP contribution in [0.15, 0.2) is 101 Å². The third kappa shape index (κ3) is 5.22. The van der Waals surface area contributed by atoms with Crippen LogP contribution in [-0.4, -0.2) is 9.91 Å². The van der Waals surface area contributed by atoms with Crippen molar-refractivity contribution in [2.45, 2.75) is 9.79 Å². The molecule has 0 spiro atoms. The fourth-order valence-electron chi connectivity index (χ4n) is 1.89. The van der Waals surface area contributed by atoms with Gasteiger partial charge in [-0.3, -0.25) is 0 Å². The van der Waals surface area contributed by atoms with Crippen LogP contribution in [0.25, 0.3) is 0 Å². The van der Waals surface area contributed by atoms with Crippen LogP contribution < -0.4 is 3.73 Å². The van der Waals surface area contributed by atoms with Crippen molar-refractivity contribution in [1.82, 2.24) is 0 Å². The van der Waals surface area contributed by atoms with Crippen molar-refractivity contribution in [2.75, 3.05) is 0 Å². The summed E-state index contributed by atoms with van der Waals surface area (Å²) in [5, 5.41) is 0. The molecular weight excluding hydrogens is 403 g/mol. The van der Waals surface area contributed by atoms with Gasteiger partial charge < -0.3 is 0 Å². The summed E-state index contributed by atoms with van der Waals surface area (Å²) < 4.78 is 6.32. The summed E-state index contributed by atoms with van der Waals surface area (Å²) in [5.41, 5.74) is 0. The van der Waals surface area contributed by atoms with Gasteiger partial charge in [0, 0.05) is 0 Å². The maximum absolute atomic E-state index is 6.32. The van der Waals surface area contributed by atoms with Crippen LogP contribution in [-0.2, 0) is 0 Å². The van der Waals surface area contributed by atoms with Crippen molar-refractivity contribution in [2.24, 2.45) is 0 Å². The molecule has 23 heavy (non-hydrogen) atoms. The van der Waals surface area contributed by atoms with Crippen LogP contribution in [0.2, 0.25) is 0 Å². The van der Waals surface area contributed by atoms with Gasteiger partial charge in [-0.1, -0.05) is 0 Å². The van der Waals surface area contributed by atoms with E-state index in [1.54, 1.807) is 20.0 Å². The van der Waals surface area contributed by atoms with E-state index in [2.05, 4.69) is 24.3 Å². The molecule has 0 N–H and O–H groups in total. The predicted molar refractivity (Wildman–Crippen MR) is 105 cm³/mol. The van der Waals surface area contributed by atoms with Crippen LogP contribution in [0.4, 0.5) is 0 Å². The van der Waals surface area contributed by atoms with Gasteiger partial charge in [0.15, 0.2) is 0 Å². The molecule has 0 aliphatic carbocycles. The minimum absolute atomic E-state index is 0.849. The van der Waals surface area contributed by atoms with E-state index in [0.717, 1.165) is 15.5 Å². The first kappa shape index (κ1) is 16.8. The molecule has 3 aromatic rings. The minimum atomic E-state index is -2.96. The maximum atomic E-state index is 6.32. The fourth-order valence-corrected chi connectivity index (χ4v) is 16.6. The second-order valence-corrected chi connectivity index (χ2v) is 22.1. The molecule has 0 radical (unpaired) electrons. The topological polar surface area (TPSA) is 9.23 Å². The standard InChI is InChI=1S/C18H15AsOS3/c21-19(20-16-10-4-1-5-11-16,22-17-12-6-2-7-13-17)23-18-14-8-3-9-15-18/h1-15H. The molecule has 1 nitrogen and oxygen atoms in total. The average molecular weight is 418 g/mol. The molecule has 0 atom stereocenters. The van der Waals surface area contributed by atoms with Gasteiger partial charge in [0.2, 0.25) is 0 Å². The van der Waals surface area contributed by atoms with Gasteiger partial charge in [-0.2, -0.15) is 0 Å². The molecule has 0 unspecified atom stereocenters. The van der Waals surface area contributed by atoms with E-state index in [4.69, 9.17) is 14.1 Å². The van der Waals surface area contributed by atoms with Crippen LogP contribution in [0, 0.1) is 0 Å². The Morgan fingerprint density at radius 3 is 1.43 bits per heavy atom. The first-order valence-corrected chi connectivity index (χ1v) is 16.6. The van der Waals surface area contributed by atoms with Crippen molar-refractivity contribution in [3.8, 4) is 5.75 Å². The Bertz CT molecular complexity index is 671. The molecule has 0 heterocycles. The average Bonchev–Trinajstić information content (AvgIpc) is 2.57. The normalized spacial score (nSPS) is 11.1. The van der Waals surface area contributed by atoms with Gasteiger partial charge in [-0.15, -0.1) is 0 Å². The molecule has 0 saturated carbocycles. The molecule has 0 bridgehead atoms. The van der Waals surface area contributed by atoms with E-state index < -0.39 is 9.91 Å². The second-order valence-electron chi connectivity index (χ2n) is 4.66. The van der Waals surface area contributed by atoms with Gasteiger partial charge in [-0.05, 0) is 0 Å². The first-order valence-electron chi connectivity index (χ1n) is 7.07. The van der Waals surface area contributed by atoms with Crippen molar-refractivity contribution in [3.05, 3.63) is 91.0 Å². The molecular formula is C18H15AsOS3. The van der Waals surface area contributed by atoms with Gasteiger partial charge in [0.05, 0.1) is 0 Å². The second kappa shape index (κ2) is 8.16. The van der Waals surface area contributed by atoms with E-state index in [0.29, 0.717) is 0 Å². The molecule has 5 heteroatoms. The van der Waals surface area contributed by atoms with Crippen LogP contribution in [0.3, 0.4) is 0 Å². The zero-order valence-electron chi connectivity index (χ0n) is 12.2. The monoisotopic (exact) mass is 418 g/mol. The van der Waals surface area contributed by atoms with E-state index in [9.17, 15) is 0 Å². The Kier molecular flexibility index (Phi) is 5.95. The van der Waals surface area contributed by atoms with Gasteiger partial charge >= 0.3 is 151 Å². The fraction of sp³-hybridized carbons (Fsp3) is 0. The molecule has 0 aliphatic heterocycles. The van der Waals surface area contributed by atoms with Crippen molar-refractivity contribution in [3.63, 3.8) is 0 Å². The molecule has 0 aromatic heterocycles. The number of rotatable bonds is 6. The zero-order chi connectivity index (χ0) is 16.0. The number of hydrogen-bond donors (Lipinski definition) is 0. The number of benzene rings is 3. The van der Waals surface area contributed by atoms with E-state index in [-0.39, 0.29) is 0 Å². The third-order valence-electron chi connectivity index (χ3n) is 2.88. The van der Waals surface area contributed by atoms with E-state index >= 15 is 0 Å².